The number of hydrogen-bond donors (Lipinski definition) is 3. The van der Waals surface area contributed by atoms with Crippen LogP contribution in [-0.4, -0.2) is 73.4 Å². The second-order valence-corrected chi connectivity index (χ2v) is 24.2. The van der Waals surface area contributed by atoms with Crippen molar-refractivity contribution in [3.05, 3.63) is 97.2 Å². The molecule has 446 valence electrons. The Kier molecular flexibility index (Phi) is 56.1. The van der Waals surface area contributed by atoms with Gasteiger partial charge in [0.25, 0.3) is 0 Å². The first-order valence-electron chi connectivity index (χ1n) is 32.1. The molecule has 0 aliphatic carbocycles. The van der Waals surface area contributed by atoms with E-state index in [9.17, 15) is 19.4 Å². The van der Waals surface area contributed by atoms with Crippen molar-refractivity contribution in [1.29, 1.82) is 0 Å². The third-order valence-electron chi connectivity index (χ3n) is 14.1. The highest BCUT2D eigenvalue weighted by Crippen LogP contribution is 2.43. The van der Waals surface area contributed by atoms with Gasteiger partial charge in [-0.1, -0.05) is 291 Å². The van der Waals surface area contributed by atoms with E-state index in [0.717, 1.165) is 89.9 Å². The van der Waals surface area contributed by atoms with Gasteiger partial charge in [0.2, 0.25) is 5.91 Å². The Balaban J connectivity index is 4.22. The topological polar surface area (TPSA) is 105 Å². The largest absolute Gasteiger partial charge is 0.472 e. The fourth-order valence-electron chi connectivity index (χ4n) is 9.08. The average molecular weight is 1100 g/mol. The van der Waals surface area contributed by atoms with Crippen molar-refractivity contribution in [3.8, 4) is 0 Å². The second-order valence-electron chi connectivity index (χ2n) is 22.8. The third-order valence-corrected chi connectivity index (χ3v) is 15.0. The first-order chi connectivity index (χ1) is 37.5. The normalized spacial score (nSPS) is 14.4. The van der Waals surface area contributed by atoms with Gasteiger partial charge in [-0.2, -0.15) is 0 Å². The Labute approximate surface area is 477 Å². The van der Waals surface area contributed by atoms with Gasteiger partial charge < -0.3 is 19.8 Å². The molecule has 0 fully saturated rings. The smallest absolute Gasteiger partial charge is 0.387 e. The van der Waals surface area contributed by atoms with Gasteiger partial charge in [0.15, 0.2) is 0 Å². The molecule has 3 N–H and O–H groups in total. The van der Waals surface area contributed by atoms with Crippen LogP contribution in [0.5, 0.6) is 0 Å². The summed E-state index contributed by atoms with van der Waals surface area (Å²) in [6, 6.07) is -0.873. The number of aliphatic hydroxyl groups is 1. The number of allylic oxidation sites excluding steroid dienone is 15. The maximum atomic E-state index is 13.0. The number of amides is 1. The third kappa shape index (κ3) is 60.9. The predicted octanol–water partition coefficient (Wildman–Crippen LogP) is 20.2. The lowest BCUT2D eigenvalue weighted by Crippen LogP contribution is -2.45. The van der Waals surface area contributed by atoms with Crippen LogP contribution < -0.4 is 5.32 Å². The quantitative estimate of drug-likeness (QED) is 0.0243. The highest BCUT2D eigenvalue weighted by molar-refractivity contribution is 7.47. The molecule has 1 amide bonds. The Morgan fingerprint density at radius 1 is 0.455 bits per heavy atom. The number of hydrogen-bond acceptors (Lipinski definition) is 5. The molecule has 0 spiro atoms. The van der Waals surface area contributed by atoms with Gasteiger partial charge in [-0.25, -0.2) is 4.57 Å². The Bertz CT molecular complexity index is 1570. The summed E-state index contributed by atoms with van der Waals surface area (Å²) in [5, 5.41) is 14.0. The summed E-state index contributed by atoms with van der Waals surface area (Å²) < 4.78 is 23.8. The molecule has 0 rings (SSSR count). The van der Waals surface area contributed by atoms with Gasteiger partial charge in [0, 0.05) is 6.42 Å². The number of nitrogens with one attached hydrogen (secondary N) is 1. The zero-order valence-electron chi connectivity index (χ0n) is 50.9. The molecular weight excluding hydrogens is 972 g/mol. The minimum Gasteiger partial charge on any atom is -0.387 e. The van der Waals surface area contributed by atoms with Crippen LogP contribution in [0.3, 0.4) is 0 Å². The summed E-state index contributed by atoms with van der Waals surface area (Å²) in [4.78, 5) is 23.4. The molecule has 8 nitrogen and oxygen atoms in total. The van der Waals surface area contributed by atoms with Crippen molar-refractivity contribution < 1.29 is 32.9 Å². The molecule has 0 heterocycles. The molecule has 0 radical (unpaired) electrons. The Morgan fingerprint density at radius 3 is 1.14 bits per heavy atom. The summed E-state index contributed by atoms with van der Waals surface area (Å²) in [5.41, 5.74) is 0. The average Bonchev–Trinajstić information content (AvgIpc) is 3.39. The molecule has 0 aromatic rings. The highest BCUT2D eigenvalue weighted by Gasteiger charge is 2.27. The zero-order chi connectivity index (χ0) is 56.3. The number of carbonyl (C=O) groups excluding carboxylic acids is 1. The lowest BCUT2D eigenvalue weighted by molar-refractivity contribution is -0.870. The van der Waals surface area contributed by atoms with Crippen molar-refractivity contribution in [1.82, 2.24) is 5.32 Å². The molecule has 3 unspecified atom stereocenters. The number of carbonyl (C=O) groups is 1. The highest BCUT2D eigenvalue weighted by atomic mass is 31.2. The molecule has 0 aliphatic rings. The van der Waals surface area contributed by atoms with Gasteiger partial charge in [-0.15, -0.1) is 0 Å². The van der Waals surface area contributed by atoms with Gasteiger partial charge in [0.05, 0.1) is 39.9 Å². The van der Waals surface area contributed by atoms with Crippen molar-refractivity contribution in [2.24, 2.45) is 0 Å². The molecule has 0 aliphatic heterocycles. The van der Waals surface area contributed by atoms with E-state index in [1.54, 1.807) is 6.08 Å². The number of rotatable bonds is 58. The maximum absolute atomic E-state index is 13.0. The van der Waals surface area contributed by atoms with E-state index in [1.165, 1.54) is 167 Å². The molecule has 0 bridgehead atoms. The van der Waals surface area contributed by atoms with Crippen molar-refractivity contribution in [3.63, 3.8) is 0 Å². The number of aliphatic hydroxyl groups excluding tert-OH is 1. The van der Waals surface area contributed by atoms with Crippen LogP contribution in [0.2, 0.25) is 0 Å². The van der Waals surface area contributed by atoms with E-state index in [2.05, 4.69) is 104 Å². The predicted molar refractivity (Wildman–Crippen MR) is 336 cm³/mol. The summed E-state index contributed by atoms with van der Waals surface area (Å²) in [6.45, 7) is 4.69. The molecule has 0 aromatic carbocycles. The fourth-order valence-corrected chi connectivity index (χ4v) is 9.82. The summed E-state index contributed by atoms with van der Waals surface area (Å²) in [7, 11) is 1.54. The number of quaternary nitrogens is 1. The maximum Gasteiger partial charge on any atom is 0.472 e. The minimum absolute atomic E-state index is 0.0497. The molecule has 9 heteroatoms. The lowest BCUT2D eigenvalue weighted by atomic mass is 10.0. The van der Waals surface area contributed by atoms with Crippen LogP contribution in [0.25, 0.3) is 0 Å². The second kappa shape index (κ2) is 58.1. The minimum atomic E-state index is -4.37. The summed E-state index contributed by atoms with van der Waals surface area (Å²) in [6.07, 6.45) is 83.9. The number of phosphoric ester groups is 1. The van der Waals surface area contributed by atoms with Crippen molar-refractivity contribution in [2.75, 3.05) is 40.9 Å². The van der Waals surface area contributed by atoms with Crippen molar-refractivity contribution in [2.45, 2.75) is 289 Å². The number of likely N-dealkylation sites (N-methyl/N-ethyl adjacent to an activating group) is 1. The SMILES string of the molecule is CC/C=C\C/C=C\C/C=C\C/C=C\C/C=C\C/C=C\C/C=C\CCCCCC(=O)NC(COP(=O)(O)OCC[N+](C)(C)C)C(O)/C=C/CCCCCCCCCCCCCCCCCCCCCCCCCCCCCC. The number of nitrogens with zero attached hydrogens (tertiary/aromatic N) is 1. The van der Waals surface area contributed by atoms with Gasteiger partial charge >= 0.3 is 7.82 Å². The van der Waals surface area contributed by atoms with Crippen LogP contribution in [-0.2, 0) is 18.4 Å². The van der Waals surface area contributed by atoms with E-state index in [1.807, 2.05) is 27.2 Å². The fraction of sp³-hybridized carbons (Fsp3) is 0.750. The number of phosphoric acid groups is 1. The molecular formula is C68H124N2O6P+. The van der Waals surface area contributed by atoms with Crippen molar-refractivity contribution >= 4 is 13.7 Å². The van der Waals surface area contributed by atoms with Crippen LogP contribution in [0.15, 0.2) is 97.2 Å². The standard InChI is InChI=1S/C68H123N2O6P/c1-6-8-10-12-14-16-18-20-22-24-26-28-30-32-33-34-35-36-38-39-41-43-45-47-49-51-53-55-57-59-61-67(71)66(65-76-77(73,74)75-64-63-70(3,4)5)69-68(72)62-60-58-56-54-52-50-48-46-44-42-40-37-31-29-27-25-23-21-19-17-15-13-11-9-7-2/h9,11,15,17,21,23,27,29,37,40,44,46,50,52,59,61,66-67,71H,6-8,10,12-14,16,18-20,22,24-26,28,30-36,38-39,41-43,45,47-49,51,53-58,60,62-65H2,1-5H3,(H-,69,72,73,74)/p+1/b11-9-,17-15-,23-21-,29-27-,40-37-,46-44-,52-50-,61-59+. The van der Waals surface area contributed by atoms with E-state index in [4.69, 9.17) is 9.05 Å². The molecule has 0 aromatic heterocycles. The summed E-state index contributed by atoms with van der Waals surface area (Å²) >= 11 is 0. The van der Waals surface area contributed by atoms with E-state index < -0.39 is 20.0 Å². The van der Waals surface area contributed by atoms with Crippen LogP contribution in [0.4, 0.5) is 0 Å². The van der Waals surface area contributed by atoms with Crippen LogP contribution in [0.1, 0.15) is 277 Å². The van der Waals surface area contributed by atoms with Crippen LogP contribution in [0, 0.1) is 0 Å². The van der Waals surface area contributed by atoms with Crippen LogP contribution >= 0.6 is 7.82 Å². The van der Waals surface area contributed by atoms with Gasteiger partial charge in [0.1, 0.15) is 13.2 Å². The van der Waals surface area contributed by atoms with Gasteiger partial charge in [-0.05, 0) is 77.0 Å². The van der Waals surface area contributed by atoms with E-state index in [-0.39, 0.29) is 19.1 Å². The van der Waals surface area contributed by atoms with E-state index in [0.29, 0.717) is 17.4 Å². The Hall–Kier alpha value is -2.58. The monoisotopic (exact) mass is 1100 g/mol. The number of unbranched alkanes of at least 4 members (excludes halogenated alkanes) is 31. The molecule has 3 atom stereocenters. The molecule has 0 saturated carbocycles. The zero-order valence-corrected chi connectivity index (χ0v) is 51.8. The Morgan fingerprint density at radius 2 is 0.779 bits per heavy atom. The lowest BCUT2D eigenvalue weighted by Gasteiger charge is -2.25. The summed E-state index contributed by atoms with van der Waals surface area (Å²) in [5.74, 6) is -0.210. The van der Waals surface area contributed by atoms with Gasteiger partial charge in [-0.3, -0.25) is 13.8 Å². The first kappa shape index (κ1) is 74.4. The van der Waals surface area contributed by atoms with E-state index >= 15 is 0 Å². The molecule has 0 saturated heterocycles. The molecule has 77 heavy (non-hydrogen) atoms. The first-order valence-corrected chi connectivity index (χ1v) is 33.6.